The second kappa shape index (κ2) is 6.02. The van der Waals surface area contributed by atoms with E-state index in [9.17, 15) is 0 Å². The third-order valence-corrected chi connectivity index (χ3v) is 4.49. The summed E-state index contributed by atoms with van der Waals surface area (Å²) in [5, 5.41) is 13.8. The molecule has 0 atom stereocenters. The molecule has 112 valence electrons. The van der Waals surface area contributed by atoms with Gasteiger partial charge in [0.05, 0.1) is 0 Å². The second-order valence-electron chi connectivity index (χ2n) is 4.79. The minimum atomic E-state index is 0.685. The molecule has 0 saturated heterocycles. The average molecular weight is 384 g/mol. The molecule has 7 heteroatoms. The van der Waals surface area contributed by atoms with Gasteiger partial charge in [0, 0.05) is 22.4 Å². The van der Waals surface area contributed by atoms with Crippen molar-refractivity contribution >= 4 is 44.4 Å². The van der Waals surface area contributed by atoms with Crippen LogP contribution in [0.15, 0.2) is 53.3 Å². The molecule has 0 unspecified atom stereocenters. The maximum absolute atomic E-state index is 4.57. The van der Waals surface area contributed by atoms with Gasteiger partial charge >= 0.3 is 0 Å². The maximum Gasteiger partial charge on any atom is 0.235 e. The first-order chi connectivity index (χ1) is 11.3. The van der Waals surface area contributed by atoms with Gasteiger partial charge in [-0.2, -0.15) is 9.61 Å². The van der Waals surface area contributed by atoms with Crippen molar-refractivity contribution in [2.45, 2.75) is 0 Å². The van der Waals surface area contributed by atoms with Crippen LogP contribution in [0.3, 0.4) is 0 Å². The molecule has 3 heterocycles. The number of hydrogen-bond acceptors (Lipinski definition) is 5. The van der Waals surface area contributed by atoms with Gasteiger partial charge < -0.3 is 0 Å². The van der Waals surface area contributed by atoms with Crippen LogP contribution in [0.2, 0.25) is 0 Å². The molecule has 0 aliphatic rings. The van der Waals surface area contributed by atoms with Gasteiger partial charge in [-0.3, -0.25) is 4.98 Å². The van der Waals surface area contributed by atoms with E-state index in [1.807, 2.05) is 36.4 Å². The van der Waals surface area contributed by atoms with Crippen molar-refractivity contribution < 1.29 is 0 Å². The number of hydrogen-bond donors (Lipinski definition) is 0. The lowest BCUT2D eigenvalue weighted by atomic mass is 10.2. The summed E-state index contributed by atoms with van der Waals surface area (Å²) in [5.41, 5.74) is 2.01. The van der Waals surface area contributed by atoms with Crippen LogP contribution in [0.4, 0.5) is 0 Å². The van der Waals surface area contributed by atoms with E-state index in [2.05, 4.69) is 48.3 Å². The zero-order valence-corrected chi connectivity index (χ0v) is 14.2. The molecule has 23 heavy (non-hydrogen) atoms. The van der Waals surface area contributed by atoms with Crippen LogP contribution in [0, 0.1) is 0 Å². The standard InChI is InChI=1S/C16H10BrN5S/c17-13-8-12(9-18-10-13)15-19-20-16-22(15)21-14(23-16)7-6-11-4-2-1-3-5-11/h1-10H. The van der Waals surface area contributed by atoms with Gasteiger partial charge in [0.15, 0.2) is 5.82 Å². The minimum Gasteiger partial charge on any atom is -0.263 e. The Morgan fingerprint density at radius 3 is 2.74 bits per heavy atom. The van der Waals surface area contributed by atoms with E-state index in [0.717, 1.165) is 25.6 Å². The number of benzene rings is 1. The number of pyridine rings is 1. The lowest BCUT2D eigenvalue weighted by Crippen LogP contribution is -1.91. The van der Waals surface area contributed by atoms with Crippen LogP contribution >= 0.6 is 27.3 Å². The van der Waals surface area contributed by atoms with Crippen molar-refractivity contribution in [3.05, 3.63) is 63.8 Å². The van der Waals surface area contributed by atoms with E-state index in [-0.39, 0.29) is 0 Å². The zero-order valence-electron chi connectivity index (χ0n) is 11.8. The summed E-state index contributed by atoms with van der Waals surface area (Å²) in [4.78, 5) is 4.92. The number of nitrogens with zero attached hydrogens (tertiary/aromatic N) is 5. The molecule has 0 N–H and O–H groups in total. The summed E-state index contributed by atoms with van der Waals surface area (Å²) in [6, 6.07) is 12.1. The predicted molar refractivity (Wildman–Crippen MR) is 95.0 cm³/mol. The van der Waals surface area contributed by atoms with Gasteiger partial charge in [0.1, 0.15) is 5.01 Å². The first-order valence-electron chi connectivity index (χ1n) is 6.86. The summed E-state index contributed by atoms with van der Waals surface area (Å²) in [7, 11) is 0. The fourth-order valence-electron chi connectivity index (χ4n) is 2.14. The monoisotopic (exact) mass is 383 g/mol. The number of aromatic nitrogens is 5. The van der Waals surface area contributed by atoms with Crippen molar-refractivity contribution in [3.63, 3.8) is 0 Å². The van der Waals surface area contributed by atoms with Gasteiger partial charge in [-0.1, -0.05) is 47.7 Å². The first kappa shape index (κ1) is 14.2. The molecule has 0 aliphatic heterocycles. The molecule has 5 nitrogen and oxygen atoms in total. The molecule has 0 fully saturated rings. The lowest BCUT2D eigenvalue weighted by Gasteiger charge is -1.96. The zero-order chi connectivity index (χ0) is 15.6. The molecule has 4 aromatic rings. The quantitative estimate of drug-likeness (QED) is 0.532. The maximum atomic E-state index is 4.57. The Morgan fingerprint density at radius 2 is 1.91 bits per heavy atom. The number of halogens is 1. The SMILES string of the molecule is Brc1cncc(-c2nnc3sc(C=Cc4ccccc4)nn23)c1. The summed E-state index contributed by atoms with van der Waals surface area (Å²) in [5.74, 6) is 0.685. The van der Waals surface area contributed by atoms with Gasteiger partial charge in [0.2, 0.25) is 4.96 Å². The summed E-state index contributed by atoms with van der Waals surface area (Å²) >= 11 is 4.91. The number of fused-ring (bicyclic) bond motifs is 1. The Kier molecular flexibility index (Phi) is 3.72. The minimum absolute atomic E-state index is 0.685. The first-order valence-corrected chi connectivity index (χ1v) is 8.47. The van der Waals surface area contributed by atoms with E-state index in [1.54, 1.807) is 16.9 Å². The summed E-state index contributed by atoms with van der Waals surface area (Å²) < 4.78 is 2.64. The second-order valence-corrected chi connectivity index (χ2v) is 6.70. The summed E-state index contributed by atoms with van der Waals surface area (Å²) in [6.07, 6.45) is 7.50. The molecular weight excluding hydrogens is 374 g/mol. The average Bonchev–Trinajstić information content (AvgIpc) is 3.14. The normalized spacial score (nSPS) is 11.5. The van der Waals surface area contributed by atoms with Gasteiger partial charge in [0.25, 0.3) is 0 Å². The molecule has 1 aromatic carbocycles. The Balaban J connectivity index is 1.71. The van der Waals surface area contributed by atoms with Crippen LogP contribution in [0.25, 0.3) is 28.5 Å². The van der Waals surface area contributed by atoms with Crippen LogP contribution in [0.1, 0.15) is 10.6 Å². The molecule has 3 aromatic heterocycles. The fraction of sp³-hybridized carbons (Fsp3) is 0. The molecule has 0 aliphatic carbocycles. The lowest BCUT2D eigenvalue weighted by molar-refractivity contribution is 0.958. The van der Waals surface area contributed by atoms with Crippen LogP contribution in [-0.2, 0) is 0 Å². The molecule has 0 radical (unpaired) electrons. The van der Waals surface area contributed by atoms with Gasteiger partial charge in [-0.15, -0.1) is 10.2 Å². The fourth-order valence-corrected chi connectivity index (χ4v) is 3.25. The van der Waals surface area contributed by atoms with Crippen molar-refractivity contribution in [2.24, 2.45) is 0 Å². The molecular formula is C16H10BrN5S. The molecule has 0 spiro atoms. The smallest absolute Gasteiger partial charge is 0.235 e. The highest BCUT2D eigenvalue weighted by molar-refractivity contribution is 9.10. The molecule has 0 saturated carbocycles. The topological polar surface area (TPSA) is 56.0 Å². The van der Waals surface area contributed by atoms with Crippen molar-refractivity contribution in [3.8, 4) is 11.4 Å². The summed E-state index contributed by atoms with van der Waals surface area (Å²) in [6.45, 7) is 0. The Hall–Kier alpha value is -2.38. The van der Waals surface area contributed by atoms with E-state index in [4.69, 9.17) is 0 Å². The van der Waals surface area contributed by atoms with E-state index in [0.29, 0.717) is 5.82 Å². The third kappa shape index (κ3) is 2.93. The molecule has 4 rings (SSSR count). The molecule has 0 amide bonds. The van der Waals surface area contributed by atoms with Gasteiger partial charge in [-0.05, 0) is 33.6 Å². The van der Waals surface area contributed by atoms with Crippen LogP contribution < -0.4 is 0 Å². The highest BCUT2D eigenvalue weighted by Crippen LogP contribution is 2.24. The Labute approximate surface area is 144 Å². The van der Waals surface area contributed by atoms with E-state index >= 15 is 0 Å². The van der Waals surface area contributed by atoms with Crippen molar-refractivity contribution in [1.82, 2.24) is 24.8 Å². The van der Waals surface area contributed by atoms with Crippen LogP contribution in [0.5, 0.6) is 0 Å². The van der Waals surface area contributed by atoms with E-state index in [1.165, 1.54) is 11.3 Å². The number of rotatable bonds is 3. The van der Waals surface area contributed by atoms with Gasteiger partial charge in [-0.25, -0.2) is 0 Å². The van der Waals surface area contributed by atoms with Crippen molar-refractivity contribution in [1.29, 1.82) is 0 Å². The largest absolute Gasteiger partial charge is 0.263 e. The highest BCUT2D eigenvalue weighted by atomic mass is 79.9. The third-order valence-electron chi connectivity index (χ3n) is 3.19. The molecule has 0 bridgehead atoms. The van der Waals surface area contributed by atoms with Crippen molar-refractivity contribution in [2.75, 3.05) is 0 Å². The Morgan fingerprint density at radius 1 is 1.04 bits per heavy atom. The van der Waals surface area contributed by atoms with Crippen LogP contribution in [-0.4, -0.2) is 24.8 Å². The van der Waals surface area contributed by atoms with E-state index < -0.39 is 0 Å². The predicted octanol–water partition coefficient (Wildman–Crippen LogP) is 4.18. The Bertz CT molecular complexity index is 990. The highest BCUT2D eigenvalue weighted by Gasteiger charge is 2.12.